The van der Waals surface area contributed by atoms with Gasteiger partial charge in [0.1, 0.15) is 6.54 Å². The van der Waals surface area contributed by atoms with Crippen LogP contribution in [0.1, 0.15) is 104 Å². The number of hydrogen-bond donors (Lipinski definition) is 2. The Bertz CT molecular complexity index is 418. The molecule has 0 aromatic rings. The average molecular weight is 434 g/mol. The van der Waals surface area contributed by atoms with Gasteiger partial charge in [-0.05, 0) is 12.8 Å². The van der Waals surface area contributed by atoms with Crippen molar-refractivity contribution >= 4 is 17.9 Å². The van der Waals surface area contributed by atoms with Crippen molar-refractivity contribution in [2.75, 3.05) is 27.7 Å². The van der Waals surface area contributed by atoms with Gasteiger partial charge in [0.2, 0.25) is 0 Å². The van der Waals surface area contributed by atoms with Gasteiger partial charge in [-0.2, -0.15) is 0 Å². The normalized spacial score (nSPS) is 10.3. The molecule has 0 aliphatic heterocycles. The van der Waals surface area contributed by atoms with Crippen molar-refractivity contribution in [1.29, 1.82) is 0 Å². The SMILES string of the molecule is CCCCCCCC(=O)O.CCCCCCCCCC(=O)O.C[N+](C)(C)CC(=O)[O-]. The molecule has 0 aromatic carbocycles. The van der Waals surface area contributed by atoms with Crippen LogP contribution < -0.4 is 5.11 Å². The molecule has 0 radical (unpaired) electrons. The van der Waals surface area contributed by atoms with E-state index in [1.165, 1.54) is 51.4 Å². The van der Waals surface area contributed by atoms with Gasteiger partial charge in [0, 0.05) is 12.8 Å². The molecule has 0 saturated heterocycles. The number of unbranched alkanes of at least 4 members (excludes halogenated alkanes) is 10. The van der Waals surface area contributed by atoms with Crippen LogP contribution in [0.4, 0.5) is 0 Å². The molecule has 2 N–H and O–H groups in total. The highest BCUT2D eigenvalue weighted by Gasteiger charge is 2.04. The van der Waals surface area contributed by atoms with E-state index in [2.05, 4.69) is 13.8 Å². The number of carbonyl (C=O) groups excluding carboxylic acids is 1. The molecule has 0 amide bonds. The van der Waals surface area contributed by atoms with E-state index in [0.29, 0.717) is 17.3 Å². The van der Waals surface area contributed by atoms with Crippen LogP contribution in [0.15, 0.2) is 0 Å². The molecule has 7 heteroatoms. The van der Waals surface area contributed by atoms with Crippen LogP contribution in [-0.2, 0) is 14.4 Å². The van der Waals surface area contributed by atoms with Gasteiger partial charge in [-0.15, -0.1) is 0 Å². The zero-order chi connectivity index (χ0) is 23.8. The maximum absolute atomic E-state index is 10.1. The lowest BCUT2D eigenvalue weighted by molar-refractivity contribution is -0.864. The number of likely N-dealkylation sites (N-methyl/N-ethyl adjacent to an activating group) is 1. The quantitative estimate of drug-likeness (QED) is 0.280. The Morgan fingerprint density at radius 3 is 1.13 bits per heavy atom. The minimum absolute atomic E-state index is 0.0694. The molecule has 30 heavy (non-hydrogen) atoms. The molecule has 7 nitrogen and oxygen atoms in total. The molecule has 0 unspecified atom stereocenters. The summed E-state index contributed by atoms with van der Waals surface area (Å²) in [6.45, 7) is 4.42. The second kappa shape index (κ2) is 23.6. The van der Waals surface area contributed by atoms with Crippen molar-refractivity contribution in [3.8, 4) is 0 Å². The first-order chi connectivity index (χ1) is 14.0. The van der Waals surface area contributed by atoms with Crippen LogP contribution in [0.5, 0.6) is 0 Å². The van der Waals surface area contributed by atoms with Crippen LogP contribution in [0.2, 0.25) is 0 Å². The smallest absolute Gasteiger partial charge is 0.303 e. The highest BCUT2D eigenvalue weighted by molar-refractivity contribution is 5.66. The topological polar surface area (TPSA) is 115 Å². The van der Waals surface area contributed by atoms with Gasteiger partial charge in [0.15, 0.2) is 0 Å². The Morgan fingerprint density at radius 2 is 0.933 bits per heavy atom. The molecule has 0 fully saturated rings. The summed E-state index contributed by atoms with van der Waals surface area (Å²) in [7, 11) is 5.40. The lowest BCUT2D eigenvalue weighted by atomic mass is 10.1. The summed E-state index contributed by atoms with van der Waals surface area (Å²) >= 11 is 0. The maximum Gasteiger partial charge on any atom is 0.303 e. The first-order valence-electron chi connectivity index (χ1n) is 11.4. The Morgan fingerprint density at radius 1 is 0.633 bits per heavy atom. The third kappa shape index (κ3) is 45.2. The van der Waals surface area contributed by atoms with E-state index >= 15 is 0 Å². The van der Waals surface area contributed by atoms with Gasteiger partial charge in [-0.1, -0.05) is 78.1 Å². The third-order valence-electron chi connectivity index (χ3n) is 4.09. The highest BCUT2D eigenvalue weighted by atomic mass is 16.4. The monoisotopic (exact) mass is 433 g/mol. The van der Waals surface area contributed by atoms with Crippen LogP contribution in [-0.4, -0.2) is 60.3 Å². The third-order valence-corrected chi connectivity index (χ3v) is 4.09. The molecule has 0 bridgehead atoms. The summed E-state index contributed by atoms with van der Waals surface area (Å²) < 4.78 is 0.419. The van der Waals surface area contributed by atoms with E-state index in [9.17, 15) is 19.5 Å². The van der Waals surface area contributed by atoms with Gasteiger partial charge in [-0.25, -0.2) is 0 Å². The van der Waals surface area contributed by atoms with Crippen molar-refractivity contribution in [1.82, 2.24) is 0 Å². The van der Waals surface area contributed by atoms with Gasteiger partial charge < -0.3 is 24.6 Å². The van der Waals surface area contributed by atoms with Crippen LogP contribution in [0.3, 0.4) is 0 Å². The van der Waals surface area contributed by atoms with E-state index in [4.69, 9.17) is 10.2 Å². The number of carboxylic acid groups (broad SMARTS) is 3. The number of carbonyl (C=O) groups is 3. The number of carboxylic acids is 3. The van der Waals surface area contributed by atoms with Crippen LogP contribution in [0, 0.1) is 0 Å². The number of rotatable bonds is 16. The Balaban J connectivity index is -0.000000372. The Kier molecular flexibility index (Phi) is 26.0. The second-order valence-electron chi connectivity index (χ2n) is 8.64. The van der Waals surface area contributed by atoms with E-state index < -0.39 is 17.9 Å². The molecule has 0 aliphatic carbocycles. The molecule has 0 rings (SSSR count). The van der Waals surface area contributed by atoms with E-state index in [1.54, 1.807) is 21.1 Å². The highest BCUT2D eigenvalue weighted by Crippen LogP contribution is 2.08. The fourth-order valence-corrected chi connectivity index (χ4v) is 2.50. The van der Waals surface area contributed by atoms with Crippen LogP contribution >= 0.6 is 0 Å². The van der Waals surface area contributed by atoms with E-state index in [-0.39, 0.29) is 6.54 Å². The summed E-state index contributed by atoms with van der Waals surface area (Å²) in [6, 6.07) is 0. The summed E-state index contributed by atoms with van der Waals surface area (Å²) in [5.74, 6) is -2.34. The predicted octanol–water partition coefficient (Wildman–Crippen LogP) is 4.09. The van der Waals surface area contributed by atoms with Gasteiger partial charge in [0.25, 0.3) is 0 Å². The van der Waals surface area contributed by atoms with Gasteiger partial charge in [0.05, 0.1) is 27.1 Å². The summed E-state index contributed by atoms with van der Waals surface area (Å²) in [5.41, 5.74) is 0. The Labute approximate surface area is 184 Å². The summed E-state index contributed by atoms with van der Waals surface area (Å²) in [4.78, 5) is 30.1. The van der Waals surface area contributed by atoms with Gasteiger partial charge >= 0.3 is 11.9 Å². The minimum atomic E-state index is -1.00. The lowest BCUT2D eigenvalue weighted by Gasteiger charge is -2.23. The van der Waals surface area contributed by atoms with Crippen molar-refractivity contribution in [3.63, 3.8) is 0 Å². The maximum atomic E-state index is 10.1. The molecule has 0 saturated carbocycles. The predicted molar refractivity (Wildman–Crippen MR) is 119 cm³/mol. The molecule has 0 atom stereocenters. The summed E-state index contributed by atoms with van der Waals surface area (Å²) in [5, 5.41) is 26.5. The standard InChI is InChI=1S/C10H20O2.C8H16O2.C5H11NO2/c1-2-3-4-5-6-7-8-9-10(11)12;1-2-3-4-5-6-7-8(9)10;1-6(2,3)4-5(7)8/h2-9H2,1H3,(H,11,12);2-7H2,1H3,(H,9,10);4H2,1-3H3. The Hall–Kier alpha value is -1.63. The molecular formula is C23H47NO6. The van der Waals surface area contributed by atoms with Crippen LogP contribution in [0.25, 0.3) is 0 Å². The number of nitrogens with zero attached hydrogens (tertiary/aromatic N) is 1. The van der Waals surface area contributed by atoms with Crippen molar-refractivity contribution in [2.45, 2.75) is 104 Å². The zero-order valence-electron chi connectivity index (χ0n) is 20.1. The molecule has 0 spiro atoms. The molecule has 0 heterocycles. The first kappa shape index (κ1) is 33.0. The van der Waals surface area contributed by atoms with Crippen molar-refractivity contribution < 1.29 is 34.2 Å². The van der Waals surface area contributed by atoms with Crippen molar-refractivity contribution in [2.24, 2.45) is 0 Å². The van der Waals surface area contributed by atoms with E-state index in [0.717, 1.165) is 25.7 Å². The zero-order valence-corrected chi connectivity index (χ0v) is 20.1. The molecule has 180 valence electrons. The largest absolute Gasteiger partial charge is 0.544 e. The lowest BCUT2D eigenvalue weighted by Crippen LogP contribution is -2.45. The fraction of sp³-hybridized carbons (Fsp3) is 0.870. The van der Waals surface area contributed by atoms with Crippen molar-refractivity contribution in [3.05, 3.63) is 0 Å². The first-order valence-corrected chi connectivity index (χ1v) is 11.4. The minimum Gasteiger partial charge on any atom is -0.544 e. The molecule has 0 aromatic heterocycles. The van der Waals surface area contributed by atoms with Gasteiger partial charge in [-0.3, -0.25) is 9.59 Å². The fourth-order valence-electron chi connectivity index (χ4n) is 2.50. The molecular weight excluding hydrogens is 386 g/mol. The summed E-state index contributed by atoms with van der Waals surface area (Å²) in [6.07, 6.45) is 14.5. The number of hydrogen-bond acceptors (Lipinski definition) is 4. The van der Waals surface area contributed by atoms with E-state index in [1.807, 2.05) is 0 Å². The number of aliphatic carboxylic acids is 3. The molecule has 0 aliphatic rings. The number of quaternary nitrogens is 1. The average Bonchev–Trinajstić information content (AvgIpc) is 2.59. The second-order valence-corrected chi connectivity index (χ2v) is 8.64.